The van der Waals surface area contributed by atoms with Crippen molar-refractivity contribution in [1.29, 1.82) is 0 Å². The number of alkyl halides is 3. The molecule has 3 rings (SSSR count). The lowest BCUT2D eigenvalue weighted by Crippen LogP contribution is -2.47. The third kappa shape index (κ3) is 8.89. The van der Waals surface area contributed by atoms with E-state index >= 15 is 0 Å². The molecule has 202 valence electrons. The molecule has 0 radical (unpaired) electrons. The Kier molecular flexibility index (Phi) is 10.6. The SMILES string of the molecule is CCCCC(=O)Nc1ccc(N2CCN(c3cccc(OC)c3)CC2)c(C(=O)O)c1.O=C(O)C(F)(F)F. The van der Waals surface area contributed by atoms with E-state index in [-0.39, 0.29) is 11.5 Å². The van der Waals surface area contributed by atoms with Crippen LogP contribution in [-0.4, -0.2) is 67.5 Å². The fourth-order valence-corrected chi connectivity index (χ4v) is 3.63. The number of carboxylic acid groups (broad SMARTS) is 2. The standard InChI is InChI=1S/C23H29N3O4.C2HF3O2/c1-3-4-8-22(27)24-17-9-10-21(20(15-17)23(28)29)26-13-11-25(12-14-26)18-6-5-7-19(16-18)30-2;3-2(4,5)1(6)7/h5-7,9-10,15-16H,3-4,8,11-14H2,1-2H3,(H,24,27)(H,28,29);(H,6,7). The van der Waals surface area contributed by atoms with Gasteiger partial charge in [-0.05, 0) is 36.8 Å². The number of nitrogens with zero attached hydrogens (tertiary/aromatic N) is 2. The molecule has 0 unspecified atom stereocenters. The van der Waals surface area contributed by atoms with Crippen LogP contribution in [0.5, 0.6) is 5.75 Å². The van der Waals surface area contributed by atoms with Gasteiger partial charge in [-0.2, -0.15) is 13.2 Å². The second-order valence-corrected chi connectivity index (χ2v) is 8.17. The molecule has 1 aliphatic heterocycles. The second-order valence-electron chi connectivity index (χ2n) is 8.17. The zero-order valence-electron chi connectivity index (χ0n) is 20.5. The van der Waals surface area contributed by atoms with Crippen LogP contribution in [0.3, 0.4) is 0 Å². The van der Waals surface area contributed by atoms with E-state index in [0.717, 1.165) is 37.4 Å². The van der Waals surface area contributed by atoms with Crippen molar-refractivity contribution < 1.29 is 42.5 Å². The predicted molar refractivity (Wildman–Crippen MR) is 133 cm³/mol. The highest BCUT2D eigenvalue weighted by molar-refractivity contribution is 5.98. The van der Waals surface area contributed by atoms with Crippen LogP contribution in [0.4, 0.5) is 30.2 Å². The Morgan fingerprint density at radius 1 is 1.00 bits per heavy atom. The molecule has 1 aliphatic rings. The summed E-state index contributed by atoms with van der Waals surface area (Å²) in [6.07, 6.45) is -2.89. The molecule has 1 fully saturated rings. The maximum Gasteiger partial charge on any atom is 0.490 e. The van der Waals surface area contributed by atoms with Gasteiger partial charge in [-0.1, -0.05) is 19.4 Å². The summed E-state index contributed by atoms with van der Waals surface area (Å²) < 4.78 is 37.0. The highest BCUT2D eigenvalue weighted by atomic mass is 19.4. The number of anilines is 3. The van der Waals surface area contributed by atoms with Crippen molar-refractivity contribution in [2.45, 2.75) is 32.4 Å². The van der Waals surface area contributed by atoms with Gasteiger partial charge in [0.2, 0.25) is 5.91 Å². The lowest BCUT2D eigenvalue weighted by Gasteiger charge is -2.38. The quantitative estimate of drug-likeness (QED) is 0.462. The van der Waals surface area contributed by atoms with E-state index < -0.39 is 18.1 Å². The number of amides is 1. The van der Waals surface area contributed by atoms with Crippen LogP contribution in [0.1, 0.15) is 36.5 Å². The first-order valence-electron chi connectivity index (χ1n) is 11.6. The number of carbonyl (C=O) groups excluding carboxylic acids is 1. The van der Waals surface area contributed by atoms with Gasteiger partial charge in [0, 0.05) is 50.0 Å². The summed E-state index contributed by atoms with van der Waals surface area (Å²) in [5, 5.41) is 19.6. The summed E-state index contributed by atoms with van der Waals surface area (Å²) in [6.45, 7) is 5.00. The molecule has 9 nitrogen and oxygen atoms in total. The molecule has 0 aliphatic carbocycles. The zero-order valence-corrected chi connectivity index (χ0v) is 20.5. The van der Waals surface area contributed by atoms with Crippen LogP contribution < -0.4 is 19.9 Å². The minimum Gasteiger partial charge on any atom is -0.497 e. The van der Waals surface area contributed by atoms with E-state index in [1.165, 1.54) is 0 Å². The monoisotopic (exact) mass is 525 g/mol. The first kappa shape index (κ1) is 29.3. The Labute approximate surface area is 212 Å². The number of methoxy groups -OCH3 is 1. The Morgan fingerprint density at radius 2 is 1.62 bits per heavy atom. The topological polar surface area (TPSA) is 119 Å². The lowest BCUT2D eigenvalue weighted by molar-refractivity contribution is -0.192. The highest BCUT2D eigenvalue weighted by Crippen LogP contribution is 2.28. The molecule has 1 saturated heterocycles. The maximum absolute atomic E-state index is 12.0. The van der Waals surface area contributed by atoms with Crippen molar-refractivity contribution in [3.63, 3.8) is 0 Å². The number of rotatable bonds is 8. The summed E-state index contributed by atoms with van der Waals surface area (Å²) >= 11 is 0. The third-order valence-corrected chi connectivity index (χ3v) is 5.55. The van der Waals surface area contributed by atoms with Crippen LogP contribution in [0, 0.1) is 0 Å². The van der Waals surface area contributed by atoms with Crippen LogP contribution >= 0.6 is 0 Å². The van der Waals surface area contributed by atoms with Crippen molar-refractivity contribution in [3.8, 4) is 5.75 Å². The van der Waals surface area contributed by atoms with Gasteiger partial charge in [-0.15, -0.1) is 0 Å². The van der Waals surface area contributed by atoms with Crippen molar-refractivity contribution in [2.75, 3.05) is 48.4 Å². The Bertz CT molecular complexity index is 1090. The Hall–Kier alpha value is -3.96. The summed E-state index contributed by atoms with van der Waals surface area (Å²) in [5.41, 5.74) is 2.50. The first-order valence-corrected chi connectivity index (χ1v) is 11.6. The van der Waals surface area contributed by atoms with Gasteiger partial charge in [0.05, 0.1) is 18.4 Å². The summed E-state index contributed by atoms with van der Waals surface area (Å²) in [6, 6.07) is 13.1. The molecule has 0 aromatic heterocycles. The smallest absolute Gasteiger partial charge is 0.490 e. The molecular formula is C25H30F3N3O6. The molecule has 0 spiro atoms. The van der Waals surface area contributed by atoms with Crippen LogP contribution in [0.2, 0.25) is 0 Å². The third-order valence-electron chi connectivity index (χ3n) is 5.55. The van der Waals surface area contributed by atoms with Gasteiger partial charge in [-0.3, -0.25) is 4.79 Å². The number of aromatic carboxylic acids is 1. The van der Waals surface area contributed by atoms with Gasteiger partial charge in [0.1, 0.15) is 5.75 Å². The van der Waals surface area contributed by atoms with Crippen molar-refractivity contribution >= 4 is 34.9 Å². The molecule has 0 saturated carbocycles. The van der Waals surface area contributed by atoms with E-state index in [1.807, 2.05) is 25.1 Å². The molecule has 0 bridgehead atoms. The van der Waals surface area contributed by atoms with E-state index in [1.54, 1.807) is 25.3 Å². The molecule has 2 aromatic carbocycles. The van der Waals surface area contributed by atoms with Gasteiger partial charge in [-0.25, -0.2) is 9.59 Å². The average molecular weight is 526 g/mol. The summed E-state index contributed by atoms with van der Waals surface area (Å²) in [5.74, 6) is -3.02. The van der Waals surface area contributed by atoms with E-state index in [9.17, 15) is 27.9 Å². The fraction of sp³-hybridized carbons (Fsp3) is 0.400. The molecule has 1 amide bonds. The van der Waals surface area contributed by atoms with Gasteiger partial charge >= 0.3 is 18.1 Å². The van der Waals surface area contributed by atoms with Crippen LogP contribution in [0.25, 0.3) is 0 Å². The number of halogens is 3. The Balaban J connectivity index is 0.000000604. The molecule has 12 heteroatoms. The largest absolute Gasteiger partial charge is 0.497 e. The minimum atomic E-state index is -5.08. The fourth-order valence-electron chi connectivity index (χ4n) is 3.63. The van der Waals surface area contributed by atoms with Crippen LogP contribution in [-0.2, 0) is 9.59 Å². The van der Waals surface area contributed by atoms with Gasteiger partial charge in [0.25, 0.3) is 0 Å². The van der Waals surface area contributed by atoms with E-state index in [2.05, 4.69) is 21.2 Å². The summed E-state index contributed by atoms with van der Waals surface area (Å²) in [4.78, 5) is 37.1. The van der Waals surface area contributed by atoms with E-state index in [4.69, 9.17) is 14.6 Å². The molecular weight excluding hydrogens is 495 g/mol. The van der Waals surface area contributed by atoms with Crippen molar-refractivity contribution in [3.05, 3.63) is 48.0 Å². The number of carboxylic acids is 2. The number of piperazine rings is 1. The van der Waals surface area contributed by atoms with Gasteiger partial charge < -0.3 is 30.1 Å². The molecule has 0 atom stereocenters. The minimum absolute atomic E-state index is 0.0900. The number of nitrogens with one attached hydrogen (secondary N) is 1. The maximum atomic E-state index is 12.0. The molecule has 37 heavy (non-hydrogen) atoms. The van der Waals surface area contributed by atoms with E-state index in [0.29, 0.717) is 30.9 Å². The van der Waals surface area contributed by atoms with Crippen LogP contribution in [0.15, 0.2) is 42.5 Å². The lowest BCUT2D eigenvalue weighted by atomic mass is 10.1. The number of carbonyl (C=O) groups is 3. The number of hydrogen-bond acceptors (Lipinski definition) is 6. The number of benzene rings is 2. The number of aliphatic carboxylic acids is 1. The number of hydrogen-bond donors (Lipinski definition) is 3. The summed E-state index contributed by atoms with van der Waals surface area (Å²) in [7, 11) is 1.65. The second kappa shape index (κ2) is 13.4. The first-order chi connectivity index (χ1) is 17.5. The molecule has 2 aromatic rings. The average Bonchev–Trinajstić information content (AvgIpc) is 2.87. The van der Waals surface area contributed by atoms with Crippen molar-refractivity contribution in [1.82, 2.24) is 0 Å². The predicted octanol–water partition coefficient (Wildman–Crippen LogP) is 4.48. The normalized spacial score (nSPS) is 13.3. The Morgan fingerprint density at radius 3 is 2.16 bits per heavy atom. The van der Waals surface area contributed by atoms with Gasteiger partial charge in [0.15, 0.2) is 0 Å². The highest BCUT2D eigenvalue weighted by Gasteiger charge is 2.38. The van der Waals surface area contributed by atoms with Crippen molar-refractivity contribution in [2.24, 2.45) is 0 Å². The number of unbranched alkanes of at least 4 members (excludes halogenated alkanes) is 1. The zero-order chi connectivity index (χ0) is 27.6. The molecule has 1 heterocycles. The molecule has 3 N–H and O–H groups in total. The number of ether oxygens (including phenoxy) is 1.